The molecule has 0 fully saturated rings. The van der Waals surface area contributed by atoms with Gasteiger partial charge in [-0.1, -0.05) is 59.0 Å². The molecule has 0 unspecified atom stereocenters. The van der Waals surface area contributed by atoms with Gasteiger partial charge in [-0.2, -0.15) is 0 Å². The smallest absolute Gasteiger partial charge is 0.259 e. The van der Waals surface area contributed by atoms with Crippen molar-refractivity contribution in [3.63, 3.8) is 0 Å². The van der Waals surface area contributed by atoms with Crippen LogP contribution in [0.15, 0.2) is 40.8 Å². The first kappa shape index (κ1) is 15.0. The number of nitrogens with one attached hydrogen (secondary N) is 1. The number of carbonyl (C=O) groups is 1. The van der Waals surface area contributed by atoms with Crippen molar-refractivity contribution in [2.75, 3.05) is 11.1 Å². The Morgan fingerprint density at radius 2 is 2.20 bits per heavy atom. The molecule has 20 heavy (non-hydrogen) atoms. The number of amides is 1. The number of rotatable bonds is 5. The first-order chi connectivity index (χ1) is 9.56. The van der Waals surface area contributed by atoms with E-state index in [0.29, 0.717) is 15.7 Å². The second-order valence-corrected chi connectivity index (χ2v) is 6.66. The molecule has 0 aliphatic rings. The number of anilines is 1. The van der Waals surface area contributed by atoms with Crippen LogP contribution in [0.25, 0.3) is 0 Å². The minimum Gasteiger partial charge on any atom is -0.296 e. The Morgan fingerprint density at radius 1 is 1.45 bits per heavy atom. The van der Waals surface area contributed by atoms with Gasteiger partial charge in [-0.15, -0.1) is 10.2 Å². The van der Waals surface area contributed by atoms with Crippen molar-refractivity contribution in [2.24, 2.45) is 0 Å². The van der Waals surface area contributed by atoms with E-state index in [9.17, 15) is 4.79 Å². The zero-order chi connectivity index (χ0) is 14.5. The molecule has 0 spiro atoms. The molecule has 0 radical (unpaired) electrons. The van der Waals surface area contributed by atoms with Crippen LogP contribution < -0.4 is 5.32 Å². The molecular weight excluding hydrogens is 314 g/mol. The van der Waals surface area contributed by atoms with Crippen LogP contribution in [0.1, 0.15) is 17.3 Å². The Labute approximate surface area is 130 Å². The van der Waals surface area contributed by atoms with Crippen molar-refractivity contribution in [2.45, 2.75) is 11.3 Å². The van der Waals surface area contributed by atoms with Gasteiger partial charge in [0.05, 0.1) is 10.6 Å². The quantitative estimate of drug-likeness (QED) is 0.510. The number of thioether (sulfide) groups is 1. The van der Waals surface area contributed by atoms with E-state index in [2.05, 4.69) is 22.1 Å². The lowest BCUT2D eigenvalue weighted by Crippen LogP contribution is -2.12. The molecule has 4 nitrogen and oxygen atoms in total. The summed E-state index contributed by atoms with van der Waals surface area (Å²) >= 11 is 8.84. The molecule has 104 valence electrons. The largest absolute Gasteiger partial charge is 0.296 e. The van der Waals surface area contributed by atoms with Gasteiger partial charge in [0, 0.05) is 5.75 Å². The van der Waals surface area contributed by atoms with Gasteiger partial charge in [0.15, 0.2) is 4.34 Å². The molecule has 2 rings (SSSR count). The van der Waals surface area contributed by atoms with Crippen LogP contribution >= 0.6 is 34.7 Å². The number of benzene rings is 1. The summed E-state index contributed by atoms with van der Waals surface area (Å²) in [6.07, 6.45) is 0. The van der Waals surface area contributed by atoms with E-state index in [0.717, 1.165) is 15.7 Å². The lowest BCUT2D eigenvalue weighted by Gasteiger charge is -2.02. The molecule has 2 aromatic rings. The SMILES string of the molecule is C=C(C)CSc1nnc(NC(=O)c2ccccc2Cl)s1. The highest BCUT2D eigenvalue weighted by Crippen LogP contribution is 2.27. The van der Waals surface area contributed by atoms with Crippen molar-refractivity contribution in [3.8, 4) is 0 Å². The van der Waals surface area contributed by atoms with Crippen LogP contribution in [-0.4, -0.2) is 21.9 Å². The van der Waals surface area contributed by atoms with E-state index in [1.54, 1.807) is 36.0 Å². The third kappa shape index (κ3) is 4.06. The summed E-state index contributed by atoms with van der Waals surface area (Å²) in [5.74, 6) is 0.496. The van der Waals surface area contributed by atoms with Crippen LogP contribution in [0.4, 0.5) is 5.13 Å². The zero-order valence-electron chi connectivity index (χ0n) is 10.7. The first-order valence-corrected chi connectivity index (χ1v) is 7.91. The molecule has 1 heterocycles. The number of hydrogen-bond donors (Lipinski definition) is 1. The van der Waals surface area contributed by atoms with Crippen LogP contribution in [-0.2, 0) is 0 Å². The summed E-state index contributed by atoms with van der Waals surface area (Å²) in [6, 6.07) is 6.87. The predicted molar refractivity (Wildman–Crippen MR) is 84.9 cm³/mol. The lowest BCUT2D eigenvalue weighted by molar-refractivity contribution is 0.102. The normalized spacial score (nSPS) is 10.3. The molecule has 0 saturated carbocycles. The number of nitrogens with zero attached hydrogens (tertiary/aromatic N) is 2. The van der Waals surface area contributed by atoms with Gasteiger partial charge >= 0.3 is 0 Å². The monoisotopic (exact) mass is 325 g/mol. The number of carbonyl (C=O) groups excluding carboxylic acids is 1. The van der Waals surface area contributed by atoms with Crippen molar-refractivity contribution < 1.29 is 4.79 Å². The van der Waals surface area contributed by atoms with Crippen LogP contribution in [0.2, 0.25) is 5.02 Å². The maximum absolute atomic E-state index is 12.0. The fraction of sp³-hybridized carbons (Fsp3) is 0.154. The number of aromatic nitrogens is 2. The summed E-state index contributed by atoms with van der Waals surface area (Å²) < 4.78 is 0.794. The highest BCUT2D eigenvalue weighted by atomic mass is 35.5. The molecule has 0 aliphatic carbocycles. The maximum atomic E-state index is 12.0. The molecule has 7 heteroatoms. The van der Waals surface area contributed by atoms with E-state index in [1.807, 2.05) is 6.92 Å². The number of halogens is 1. The average molecular weight is 326 g/mol. The van der Waals surface area contributed by atoms with Crippen LogP contribution in [0, 0.1) is 0 Å². The van der Waals surface area contributed by atoms with Gasteiger partial charge in [0.25, 0.3) is 5.91 Å². The van der Waals surface area contributed by atoms with Gasteiger partial charge in [-0.05, 0) is 19.1 Å². The molecular formula is C13H12ClN3OS2. The summed E-state index contributed by atoms with van der Waals surface area (Å²) in [7, 11) is 0. The maximum Gasteiger partial charge on any atom is 0.259 e. The minimum absolute atomic E-state index is 0.289. The van der Waals surface area contributed by atoms with E-state index in [4.69, 9.17) is 11.6 Å². The lowest BCUT2D eigenvalue weighted by atomic mass is 10.2. The Bertz CT molecular complexity index is 642. The topological polar surface area (TPSA) is 54.9 Å². The summed E-state index contributed by atoms with van der Waals surface area (Å²) in [5.41, 5.74) is 1.48. The second kappa shape index (κ2) is 6.88. The van der Waals surface area contributed by atoms with Gasteiger partial charge in [-0.3, -0.25) is 10.1 Å². The molecule has 1 aromatic carbocycles. The Morgan fingerprint density at radius 3 is 2.90 bits per heavy atom. The van der Waals surface area contributed by atoms with Crippen molar-refractivity contribution in [3.05, 3.63) is 47.0 Å². The molecule has 1 N–H and O–H groups in total. The minimum atomic E-state index is -0.289. The summed E-state index contributed by atoms with van der Waals surface area (Å²) in [5, 5.41) is 11.5. The van der Waals surface area contributed by atoms with Crippen LogP contribution in [0.5, 0.6) is 0 Å². The molecule has 0 atom stereocenters. The van der Waals surface area contributed by atoms with E-state index >= 15 is 0 Å². The van der Waals surface area contributed by atoms with Gasteiger partial charge in [0.2, 0.25) is 5.13 Å². The third-order valence-electron chi connectivity index (χ3n) is 2.19. The molecule has 1 amide bonds. The van der Waals surface area contributed by atoms with Crippen molar-refractivity contribution >= 4 is 45.7 Å². The van der Waals surface area contributed by atoms with Gasteiger partial charge in [0.1, 0.15) is 0 Å². The van der Waals surface area contributed by atoms with E-state index in [1.165, 1.54) is 11.3 Å². The van der Waals surface area contributed by atoms with Gasteiger partial charge < -0.3 is 0 Å². The fourth-order valence-electron chi connectivity index (χ4n) is 1.31. The van der Waals surface area contributed by atoms with Crippen LogP contribution in [0.3, 0.4) is 0 Å². The van der Waals surface area contributed by atoms with Crippen molar-refractivity contribution in [1.29, 1.82) is 0 Å². The summed E-state index contributed by atoms with van der Waals surface area (Å²) in [6.45, 7) is 5.78. The molecule has 0 aliphatic heterocycles. The predicted octanol–water partition coefficient (Wildman–Crippen LogP) is 4.11. The summed E-state index contributed by atoms with van der Waals surface area (Å²) in [4.78, 5) is 12.0. The fourth-order valence-corrected chi connectivity index (χ4v) is 3.13. The Kier molecular flexibility index (Phi) is 5.17. The zero-order valence-corrected chi connectivity index (χ0v) is 13.1. The number of hydrogen-bond acceptors (Lipinski definition) is 5. The average Bonchev–Trinajstić information content (AvgIpc) is 2.84. The highest BCUT2D eigenvalue weighted by Gasteiger charge is 2.12. The van der Waals surface area contributed by atoms with Crippen molar-refractivity contribution in [1.82, 2.24) is 10.2 Å². The van der Waals surface area contributed by atoms with E-state index < -0.39 is 0 Å². The Balaban J connectivity index is 2.02. The third-order valence-corrected chi connectivity index (χ3v) is 4.72. The molecule has 1 aromatic heterocycles. The van der Waals surface area contributed by atoms with E-state index in [-0.39, 0.29) is 5.91 Å². The second-order valence-electron chi connectivity index (χ2n) is 4.05. The van der Waals surface area contributed by atoms with Gasteiger partial charge in [-0.25, -0.2) is 0 Å². The highest BCUT2D eigenvalue weighted by molar-refractivity contribution is 8.01. The Hall–Kier alpha value is -1.37. The first-order valence-electron chi connectivity index (χ1n) is 5.73. The standard InChI is InChI=1S/C13H12ClN3OS2/c1-8(2)7-19-13-17-16-12(20-13)15-11(18)9-5-3-4-6-10(9)14/h3-6H,1,7H2,2H3,(H,15,16,18). The molecule has 0 saturated heterocycles. The molecule has 0 bridgehead atoms.